The second-order valence-corrected chi connectivity index (χ2v) is 7.89. The van der Waals surface area contributed by atoms with Crippen LogP contribution < -0.4 is 4.72 Å². The Labute approximate surface area is 129 Å². The standard InChI is InChI=1S/C13H17Cl2NO3S/c1-13(8-17)7-3-6-11(13)16-20(18,19)12-9(14)4-2-5-10(12)15/h2,4-5,11,16-17H,3,6-8H2,1H3. The van der Waals surface area contributed by atoms with Gasteiger partial charge in [0, 0.05) is 18.1 Å². The van der Waals surface area contributed by atoms with E-state index in [0.29, 0.717) is 6.42 Å². The fourth-order valence-electron chi connectivity index (χ4n) is 2.61. The van der Waals surface area contributed by atoms with Crippen molar-refractivity contribution in [1.82, 2.24) is 4.72 Å². The largest absolute Gasteiger partial charge is 0.396 e. The maximum atomic E-state index is 12.5. The fraction of sp³-hybridized carbons (Fsp3) is 0.538. The van der Waals surface area contributed by atoms with Gasteiger partial charge in [-0.1, -0.05) is 42.6 Å². The molecule has 2 unspecified atom stereocenters. The van der Waals surface area contributed by atoms with Gasteiger partial charge in [0.15, 0.2) is 0 Å². The first kappa shape index (κ1) is 16.0. The van der Waals surface area contributed by atoms with Gasteiger partial charge in [-0.25, -0.2) is 13.1 Å². The maximum absolute atomic E-state index is 12.5. The van der Waals surface area contributed by atoms with Crippen LogP contribution in [0.15, 0.2) is 23.1 Å². The third-order valence-corrected chi connectivity index (χ3v) is 6.35. The molecule has 2 atom stereocenters. The zero-order valence-corrected chi connectivity index (χ0v) is 13.4. The van der Waals surface area contributed by atoms with E-state index in [1.54, 1.807) is 6.07 Å². The Morgan fingerprint density at radius 2 is 2.00 bits per heavy atom. The molecule has 1 saturated carbocycles. The number of nitrogens with one attached hydrogen (secondary N) is 1. The highest BCUT2D eigenvalue weighted by Crippen LogP contribution is 2.39. The minimum atomic E-state index is -3.81. The first-order valence-electron chi connectivity index (χ1n) is 6.37. The molecule has 112 valence electrons. The molecule has 0 radical (unpaired) electrons. The SMILES string of the molecule is CC1(CO)CCCC1NS(=O)(=O)c1c(Cl)cccc1Cl. The molecule has 4 nitrogen and oxygen atoms in total. The number of hydrogen-bond acceptors (Lipinski definition) is 3. The van der Waals surface area contributed by atoms with Crippen LogP contribution in [0.4, 0.5) is 0 Å². The molecule has 2 rings (SSSR count). The lowest BCUT2D eigenvalue weighted by atomic mass is 9.86. The number of aliphatic hydroxyl groups is 1. The van der Waals surface area contributed by atoms with Crippen molar-refractivity contribution in [2.45, 2.75) is 37.1 Å². The van der Waals surface area contributed by atoms with Crippen molar-refractivity contribution in [3.05, 3.63) is 28.2 Å². The lowest BCUT2D eigenvalue weighted by molar-refractivity contribution is 0.127. The molecule has 1 aliphatic carbocycles. The Bertz CT molecular complexity index is 585. The summed E-state index contributed by atoms with van der Waals surface area (Å²) in [5, 5.41) is 9.67. The predicted molar refractivity (Wildman–Crippen MR) is 79.6 cm³/mol. The van der Waals surface area contributed by atoms with Gasteiger partial charge in [0.05, 0.1) is 10.0 Å². The topological polar surface area (TPSA) is 66.4 Å². The molecule has 0 aromatic heterocycles. The number of halogens is 2. The van der Waals surface area contributed by atoms with Crippen molar-refractivity contribution in [2.75, 3.05) is 6.61 Å². The van der Waals surface area contributed by atoms with Crippen LogP contribution in [0.5, 0.6) is 0 Å². The molecule has 0 amide bonds. The van der Waals surface area contributed by atoms with Crippen molar-refractivity contribution >= 4 is 33.2 Å². The molecule has 1 fully saturated rings. The molecule has 2 N–H and O–H groups in total. The summed E-state index contributed by atoms with van der Waals surface area (Å²) < 4.78 is 27.6. The predicted octanol–water partition coefficient (Wildman–Crippen LogP) is 2.82. The normalized spacial score (nSPS) is 26.9. The lowest BCUT2D eigenvalue weighted by Gasteiger charge is -2.30. The molecule has 0 heterocycles. The molecule has 1 aromatic carbocycles. The van der Waals surface area contributed by atoms with Gasteiger partial charge in [0.1, 0.15) is 4.90 Å². The molecule has 20 heavy (non-hydrogen) atoms. The van der Waals surface area contributed by atoms with E-state index in [9.17, 15) is 13.5 Å². The van der Waals surface area contributed by atoms with Crippen molar-refractivity contribution < 1.29 is 13.5 Å². The third-order valence-electron chi connectivity index (χ3n) is 3.93. The summed E-state index contributed by atoms with van der Waals surface area (Å²) in [7, 11) is -3.81. The van der Waals surface area contributed by atoms with Crippen LogP contribution in [-0.4, -0.2) is 26.2 Å². The number of aliphatic hydroxyl groups excluding tert-OH is 1. The van der Waals surface area contributed by atoms with E-state index in [1.165, 1.54) is 12.1 Å². The summed E-state index contributed by atoms with van der Waals surface area (Å²) >= 11 is 11.9. The molecule has 1 aromatic rings. The molecular weight excluding hydrogens is 321 g/mol. The van der Waals surface area contributed by atoms with Gasteiger partial charge in [-0.05, 0) is 25.0 Å². The van der Waals surface area contributed by atoms with Crippen molar-refractivity contribution in [1.29, 1.82) is 0 Å². The van der Waals surface area contributed by atoms with E-state index in [4.69, 9.17) is 23.2 Å². The molecule has 0 spiro atoms. The zero-order chi connectivity index (χ0) is 15.0. The van der Waals surface area contributed by atoms with E-state index in [0.717, 1.165) is 12.8 Å². The summed E-state index contributed by atoms with van der Waals surface area (Å²) in [4.78, 5) is -0.101. The van der Waals surface area contributed by atoms with Crippen LogP contribution in [0, 0.1) is 5.41 Å². The molecule has 0 saturated heterocycles. The fourth-order valence-corrected chi connectivity index (χ4v) is 5.16. The Kier molecular flexibility index (Phi) is 4.66. The van der Waals surface area contributed by atoms with Crippen molar-refractivity contribution in [3.63, 3.8) is 0 Å². The van der Waals surface area contributed by atoms with Crippen LogP contribution in [0.25, 0.3) is 0 Å². The van der Waals surface area contributed by atoms with Crippen LogP contribution in [0.1, 0.15) is 26.2 Å². The lowest BCUT2D eigenvalue weighted by Crippen LogP contribution is -2.44. The second-order valence-electron chi connectivity index (χ2n) is 5.43. The van der Waals surface area contributed by atoms with E-state index in [2.05, 4.69) is 4.72 Å². The van der Waals surface area contributed by atoms with Gasteiger partial charge in [-0.2, -0.15) is 0 Å². The van der Waals surface area contributed by atoms with Crippen LogP contribution in [0.3, 0.4) is 0 Å². The maximum Gasteiger partial charge on any atom is 0.243 e. The van der Waals surface area contributed by atoms with Crippen LogP contribution in [0.2, 0.25) is 10.0 Å². The summed E-state index contributed by atoms with van der Waals surface area (Å²) in [5.41, 5.74) is -0.444. The quantitative estimate of drug-likeness (QED) is 0.887. The molecule has 7 heteroatoms. The van der Waals surface area contributed by atoms with Gasteiger partial charge >= 0.3 is 0 Å². The average Bonchev–Trinajstić information content (AvgIpc) is 2.70. The minimum Gasteiger partial charge on any atom is -0.396 e. The van der Waals surface area contributed by atoms with E-state index >= 15 is 0 Å². The second kappa shape index (κ2) is 5.81. The summed E-state index contributed by atoms with van der Waals surface area (Å²) in [6.45, 7) is 1.82. The van der Waals surface area contributed by atoms with Crippen LogP contribution in [-0.2, 0) is 10.0 Å². The Hall–Kier alpha value is -0.330. The van der Waals surface area contributed by atoms with Crippen molar-refractivity contribution in [3.8, 4) is 0 Å². The number of sulfonamides is 1. The van der Waals surface area contributed by atoms with E-state index in [-0.39, 0.29) is 27.6 Å². The highest BCUT2D eigenvalue weighted by Gasteiger charge is 2.41. The Balaban J connectivity index is 2.33. The van der Waals surface area contributed by atoms with E-state index in [1.807, 2.05) is 6.92 Å². The van der Waals surface area contributed by atoms with Crippen LogP contribution >= 0.6 is 23.2 Å². The van der Waals surface area contributed by atoms with Gasteiger partial charge in [0.2, 0.25) is 10.0 Å². The Morgan fingerprint density at radius 3 is 2.55 bits per heavy atom. The highest BCUT2D eigenvalue weighted by atomic mass is 35.5. The summed E-state index contributed by atoms with van der Waals surface area (Å²) in [6.07, 6.45) is 2.35. The first-order chi connectivity index (χ1) is 9.30. The molecular formula is C13H17Cl2NO3S. The molecule has 0 aliphatic heterocycles. The first-order valence-corrected chi connectivity index (χ1v) is 8.61. The number of hydrogen-bond donors (Lipinski definition) is 2. The van der Waals surface area contributed by atoms with Crippen molar-refractivity contribution in [2.24, 2.45) is 5.41 Å². The van der Waals surface area contributed by atoms with Gasteiger partial charge in [-0.15, -0.1) is 0 Å². The monoisotopic (exact) mass is 337 g/mol. The minimum absolute atomic E-state index is 0.0591. The third kappa shape index (κ3) is 2.97. The Morgan fingerprint density at radius 1 is 1.40 bits per heavy atom. The van der Waals surface area contributed by atoms with Gasteiger partial charge in [-0.3, -0.25) is 0 Å². The number of benzene rings is 1. The summed E-state index contributed by atoms with van der Waals surface area (Å²) in [5.74, 6) is 0. The summed E-state index contributed by atoms with van der Waals surface area (Å²) in [6, 6.07) is 4.26. The van der Waals surface area contributed by atoms with Gasteiger partial charge < -0.3 is 5.11 Å². The average molecular weight is 338 g/mol. The highest BCUT2D eigenvalue weighted by molar-refractivity contribution is 7.89. The van der Waals surface area contributed by atoms with E-state index < -0.39 is 15.4 Å². The van der Waals surface area contributed by atoms with Gasteiger partial charge in [0.25, 0.3) is 0 Å². The number of rotatable bonds is 4. The molecule has 0 bridgehead atoms. The molecule has 1 aliphatic rings. The smallest absolute Gasteiger partial charge is 0.243 e. The zero-order valence-electron chi connectivity index (χ0n) is 11.1.